The summed E-state index contributed by atoms with van der Waals surface area (Å²) in [5, 5.41) is 21.6. The zero-order valence-electron chi connectivity index (χ0n) is 64.0. The van der Waals surface area contributed by atoms with Crippen LogP contribution >= 0.6 is 83.9 Å². The van der Waals surface area contributed by atoms with E-state index in [1.54, 1.807) is 0 Å². The predicted molar refractivity (Wildman–Crippen MR) is 381 cm³/mol. The van der Waals surface area contributed by atoms with Crippen LogP contribution in [0.15, 0.2) is 0 Å². The molecule has 0 aliphatic heterocycles. The van der Waals surface area contributed by atoms with E-state index in [1.807, 2.05) is 0 Å². The van der Waals surface area contributed by atoms with Crippen LogP contribution in [-0.2, 0) is 175 Å². The Kier molecular flexibility index (Phi) is 72.5. The Morgan fingerprint density at radius 3 is 0.640 bits per heavy atom. The van der Waals surface area contributed by atoms with Crippen LogP contribution in [0.3, 0.4) is 0 Å². The van der Waals surface area contributed by atoms with Gasteiger partial charge in [-0.2, -0.15) is 0 Å². The van der Waals surface area contributed by atoms with Crippen LogP contribution < -0.4 is 65.7 Å². The topological polar surface area (TPSA) is 678 Å². The van der Waals surface area contributed by atoms with E-state index in [1.165, 1.54) is 35.2 Å². The third kappa shape index (κ3) is 76.4. The minimum atomic E-state index is -5.70. The smallest absolute Gasteiger partial charge is 0.268 e. The number of rotatable bonds is 90. The molecule has 0 heterocycles. The summed E-state index contributed by atoms with van der Waals surface area (Å²) in [5.74, 6) is -0.419. The molecule has 0 aromatic carbocycles. The van der Waals surface area contributed by atoms with Crippen molar-refractivity contribution in [3.05, 3.63) is 0 Å². The fourth-order valence-electron chi connectivity index (χ4n) is 7.03. The Labute approximate surface area is 670 Å². The van der Waals surface area contributed by atoms with Gasteiger partial charge in [0.1, 0.15) is 44.1 Å². The van der Waals surface area contributed by atoms with Gasteiger partial charge in [0.15, 0.2) is 0 Å². The molecule has 0 amide bonds. The van der Waals surface area contributed by atoms with Crippen molar-refractivity contribution in [1.29, 1.82) is 0 Å². The van der Waals surface area contributed by atoms with Gasteiger partial charge in [0.05, 0.1) is 264 Å². The largest absolute Gasteiger partial charge is 0.779 e. The average molecular weight is 1870 g/mol. The van der Waals surface area contributed by atoms with E-state index in [9.17, 15) is 75.7 Å². The molecular formula is C52H111N5O47P8S2-8. The Balaban J connectivity index is 5.36. The van der Waals surface area contributed by atoms with E-state index in [4.69, 9.17) is 130 Å². The lowest BCUT2D eigenvalue weighted by Gasteiger charge is -2.34. The second kappa shape index (κ2) is 72.0. The second-order valence-electron chi connectivity index (χ2n) is 21.4. The minimum Gasteiger partial charge on any atom is -0.779 e. The fraction of sp³-hybridized carbons (Fsp3) is 1.00. The van der Waals surface area contributed by atoms with Gasteiger partial charge in [-0.3, -0.25) is 58.5 Å². The number of phosphoric acid groups is 7. The summed E-state index contributed by atoms with van der Waals surface area (Å²) < 4.78 is 253. The van der Waals surface area contributed by atoms with Crippen LogP contribution in [0.4, 0.5) is 0 Å². The van der Waals surface area contributed by atoms with E-state index in [0.717, 1.165) is 28.3 Å². The van der Waals surface area contributed by atoms with Gasteiger partial charge in [-0.05, 0) is 35.2 Å². The first-order valence-corrected chi connectivity index (χ1v) is 48.9. The highest BCUT2D eigenvalue weighted by Gasteiger charge is 2.30. The maximum Gasteiger partial charge on any atom is 0.268 e. The molecule has 0 radical (unpaired) electrons. The number of hydrogen-bond donors (Lipinski definition) is 6. The van der Waals surface area contributed by atoms with E-state index in [2.05, 4.69) is 40.2 Å². The SMILES string of the molecule is CNCOCC(COP(=O)([O-])OCCOCCOCCOCCOCCOCCOP(=O)([O-])OCSSCO)OP(=O)([O-])OCC(COCNC)OP(=O)([O-])OCC(COCNC)OP(=O)([O-])OCC(COCNC)OP(=O)([O-])OCC(COCNC)OP(=O)([O-])OCCOCCOCCOCCOCCOCCOP(C)(=O)[O-]. The molecule has 0 aliphatic carbocycles. The number of aliphatic hydroxyl groups is 1. The molecule has 0 spiro atoms. The van der Waals surface area contributed by atoms with Crippen molar-refractivity contribution in [2.24, 2.45) is 0 Å². The molecule has 0 aromatic heterocycles. The normalized spacial score (nSPS) is 17.9. The van der Waals surface area contributed by atoms with Gasteiger partial charge in [0.25, 0.3) is 54.8 Å². The first-order chi connectivity index (χ1) is 54.2. The molecule has 686 valence electrons. The number of ether oxygens (including phenoxy) is 15. The first-order valence-electron chi connectivity index (χ1n) is 34.2. The highest BCUT2D eigenvalue weighted by atomic mass is 33.1. The summed E-state index contributed by atoms with van der Waals surface area (Å²) in [7, 11) is -32.1. The van der Waals surface area contributed by atoms with Crippen LogP contribution in [0, 0.1) is 0 Å². The molecule has 0 aliphatic rings. The Bertz CT molecular complexity index is 2700. The summed E-state index contributed by atoms with van der Waals surface area (Å²) in [6.45, 7) is -8.50. The van der Waals surface area contributed by atoms with Gasteiger partial charge in [-0.15, -0.1) is 0 Å². The number of hydrogen-bond acceptors (Lipinski definition) is 54. The van der Waals surface area contributed by atoms with E-state index >= 15 is 0 Å². The van der Waals surface area contributed by atoms with E-state index in [-0.39, 0.29) is 191 Å². The molecule has 13 atom stereocenters. The van der Waals surface area contributed by atoms with Gasteiger partial charge in [0, 0.05) is 6.66 Å². The summed E-state index contributed by atoms with van der Waals surface area (Å²) in [4.78, 5) is 101. The third-order valence-corrected chi connectivity index (χ3v) is 21.1. The quantitative estimate of drug-likeness (QED) is 0.0144. The summed E-state index contributed by atoms with van der Waals surface area (Å²) >= 11 is 0. The lowest BCUT2D eigenvalue weighted by molar-refractivity contribution is -0.249. The van der Waals surface area contributed by atoms with Crippen LogP contribution in [0.5, 0.6) is 0 Å². The highest BCUT2D eigenvalue weighted by Crippen LogP contribution is 2.48. The first kappa shape index (κ1) is 115. The van der Waals surface area contributed by atoms with Crippen molar-refractivity contribution in [3.8, 4) is 0 Å². The minimum absolute atomic E-state index is 0.0153. The van der Waals surface area contributed by atoms with E-state index in [0.29, 0.717) is 0 Å². The molecule has 0 fully saturated rings. The lowest BCUT2D eigenvalue weighted by atomic mass is 10.4. The summed E-state index contributed by atoms with van der Waals surface area (Å²) in [5.41, 5.74) is 0. The maximum absolute atomic E-state index is 13.3. The molecule has 0 saturated carbocycles. The molecule has 0 aromatic rings. The van der Waals surface area contributed by atoms with Gasteiger partial charge in [-0.1, -0.05) is 21.6 Å². The summed E-state index contributed by atoms with van der Waals surface area (Å²) in [6.07, 6.45) is -9.11. The molecule has 0 bridgehead atoms. The Morgan fingerprint density at radius 1 is 0.246 bits per heavy atom. The number of phosphoric ester groups is 7. The van der Waals surface area contributed by atoms with Gasteiger partial charge in [-0.25, -0.2) is 0 Å². The van der Waals surface area contributed by atoms with Crippen molar-refractivity contribution >= 4 is 83.9 Å². The van der Waals surface area contributed by atoms with Crippen LogP contribution in [0.1, 0.15) is 0 Å². The molecule has 114 heavy (non-hydrogen) atoms. The molecule has 52 nitrogen and oxygen atoms in total. The van der Waals surface area contributed by atoms with Crippen LogP contribution in [0.2, 0.25) is 0 Å². The zero-order valence-corrected chi connectivity index (χ0v) is 72.8. The number of aliphatic hydroxyl groups excluding tert-OH is 1. The zero-order chi connectivity index (χ0) is 85.0. The van der Waals surface area contributed by atoms with Crippen molar-refractivity contribution in [2.45, 2.75) is 30.5 Å². The fourth-order valence-corrected chi connectivity index (χ4v) is 14.6. The molecule has 6 N–H and O–H groups in total. The standard InChI is InChI=1S/C52H119N5O47P8S2/c1-53-41-85-31-48(36-94-106(61,62)91-28-24-82-20-16-78-12-8-76-9-13-79-17-21-83-25-29-92-107(63,64)99-47-114-113-46-58)101-109(67,68)96-38-50(33-87-43-55-3)103-111(71,72)98-40-52(35-89-45-57-5)104-112(73,74)97-39-51(34-88-44-56-4)102-110(69,70)95-37-49(32-86-42-54-2)100-108(65,66)93-30-26-84-22-18-80-14-10-75-7-11-77-15-19-81-23-27-90-105(6,59)60/h48-58H,7-47H2,1-6H3,(H,59,60)(H,61,62)(H,63,64)(H,65,66)(H,67,68)(H,69,70)(H,71,72)(H,73,74)/p-8. The van der Waals surface area contributed by atoms with Gasteiger partial charge in [0.2, 0.25) is 0 Å². The summed E-state index contributed by atoms with van der Waals surface area (Å²) in [6, 6.07) is 0. The number of nitrogens with one attached hydrogen (secondary N) is 5. The Hall–Kier alpha value is 0.780. The van der Waals surface area contributed by atoms with Crippen molar-refractivity contribution in [2.75, 3.05) is 312 Å². The molecule has 0 saturated heterocycles. The maximum atomic E-state index is 13.3. The predicted octanol–water partition coefficient (Wildman–Crippen LogP) is -5.04. The monoisotopic (exact) mass is 1870 g/mol. The molecule has 13 unspecified atom stereocenters. The van der Waals surface area contributed by atoms with Crippen LogP contribution in [0.25, 0.3) is 0 Å². The van der Waals surface area contributed by atoms with E-state index < -0.39 is 172 Å². The third-order valence-electron chi connectivity index (χ3n) is 11.6. The van der Waals surface area contributed by atoms with Crippen molar-refractivity contribution in [3.63, 3.8) is 0 Å². The lowest BCUT2D eigenvalue weighted by Crippen LogP contribution is -2.34. The molecule has 62 heteroatoms. The average Bonchev–Trinajstić information content (AvgIpc) is 0.860. The van der Waals surface area contributed by atoms with Crippen molar-refractivity contribution in [1.82, 2.24) is 26.6 Å². The highest BCUT2D eigenvalue weighted by molar-refractivity contribution is 8.76. The van der Waals surface area contributed by atoms with Crippen molar-refractivity contribution < 1.29 is 220 Å². The van der Waals surface area contributed by atoms with Gasteiger partial charge >= 0.3 is 0 Å². The molecule has 0 rings (SSSR count). The molecular weight excluding hydrogens is 1760 g/mol. The second-order valence-corrected chi connectivity index (χ2v) is 35.2. The van der Waals surface area contributed by atoms with Crippen LogP contribution in [-0.4, -0.2) is 348 Å². The Morgan fingerprint density at radius 2 is 0.430 bits per heavy atom. The van der Waals surface area contributed by atoms with Gasteiger partial charge < -0.3 is 188 Å².